The summed E-state index contributed by atoms with van der Waals surface area (Å²) in [5, 5.41) is 0. The molecule has 1 atom stereocenters. The van der Waals surface area contributed by atoms with Crippen LogP contribution in [0, 0.1) is 11.7 Å². The van der Waals surface area contributed by atoms with Crippen molar-refractivity contribution in [2.75, 3.05) is 7.11 Å². The Bertz CT molecular complexity index is 551. The van der Waals surface area contributed by atoms with E-state index in [4.69, 9.17) is 4.74 Å². The molecule has 0 aliphatic carbocycles. The average molecular weight is 337 g/mol. The van der Waals surface area contributed by atoms with Crippen molar-refractivity contribution >= 4 is 12.4 Å². The van der Waals surface area contributed by atoms with Crippen molar-refractivity contribution in [3.8, 4) is 5.75 Å². The van der Waals surface area contributed by atoms with Crippen molar-refractivity contribution in [3.05, 3.63) is 65.5 Å². The molecule has 0 saturated carbocycles. The van der Waals surface area contributed by atoms with Gasteiger partial charge in [0.2, 0.25) is 0 Å². The van der Waals surface area contributed by atoms with Crippen LogP contribution >= 0.6 is 12.4 Å². The minimum atomic E-state index is -0.157. The number of aryl methyl sites for hydroxylation is 1. The zero-order chi connectivity index (χ0) is 15.8. The van der Waals surface area contributed by atoms with Crippen molar-refractivity contribution in [1.82, 2.24) is 0 Å². The quantitative estimate of drug-likeness (QED) is 0.549. The molecule has 1 unspecified atom stereocenters. The summed E-state index contributed by atoms with van der Waals surface area (Å²) in [6.07, 6.45) is 5.80. The van der Waals surface area contributed by atoms with Gasteiger partial charge in [0.1, 0.15) is 11.6 Å². The molecule has 0 amide bonds. The van der Waals surface area contributed by atoms with Gasteiger partial charge in [0.25, 0.3) is 0 Å². The number of halogens is 2. The lowest BCUT2D eigenvalue weighted by atomic mass is 9.95. The van der Waals surface area contributed by atoms with Crippen molar-refractivity contribution in [3.63, 3.8) is 0 Å². The van der Waals surface area contributed by atoms with Gasteiger partial charge in [-0.3, -0.25) is 0 Å². The van der Waals surface area contributed by atoms with Gasteiger partial charge in [0.05, 0.1) is 7.11 Å². The molecule has 0 aliphatic heterocycles. The summed E-state index contributed by atoms with van der Waals surface area (Å²) >= 11 is 0. The number of hydrogen-bond acceptors (Lipinski definition) is 1. The van der Waals surface area contributed by atoms with Crippen molar-refractivity contribution in [2.24, 2.45) is 5.92 Å². The molecule has 0 bridgehead atoms. The third kappa shape index (κ3) is 7.04. The van der Waals surface area contributed by atoms with E-state index in [1.54, 1.807) is 19.2 Å². The van der Waals surface area contributed by atoms with Crippen LogP contribution in [0.5, 0.6) is 5.75 Å². The number of methoxy groups -OCH3 is 1. The van der Waals surface area contributed by atoms with Gasteiger partial charge < -0.3 is 4.74 Å². The van der Waals surface area contributed by atoms with Gasteiger partial charge in [-0.15, -0.1) is 12.4 Å². The van der Waals surface area contributed by atoms with Crippen LogP contribution < -0.4 is 4.74 Å². The van der Waals surface area contributed by atoms with Gasteiger partial charge in [-0.25, -0.2) is 4.39 Å². The molecule has 0 saturated heterocycles. The lowest BCUT2D eigenvalue weighted by molar-refractivity contribution is 0.414. The second-order valence-electron chi connectivity index (χ2n) is 6.03. The van der Waals surface area contributed by atoms with Gasteiger partial charge in [0, 0.05) is 0 Å². The van der Waals surface area contributed by atoms with Crippen LogP contribution in [-0.4, -0.2) is 7.11 Å². The first-order chi connectivity index (χ1) is 10.7. The Morgan fingerprint density at radius 1 is 0.913 bits per heavy atom. The number of rotatable bonds is 8. The Balaban J connectivity index is 0.00000264. The molecular formula is C20H26ClFO. The van der Waals surface area contributed by atoms with Crippen LogP contribution in [0.15, 0.2) is 48.5 Å². The Kier molecular flexibility index (Phi) is 8.71. The summed E-state index contributed by atoms with van der Waals surface area (Å²) in [6, 6.07) is 15.2. The van der Waals surface area contributed by atoms with Crippen molar-refractivity contribution in [1.29, 1.82) is 0 Å². The largest absolute Gasteiger partial charge is 0.497 e. The van der Waals surface area contributed by atoms with Crippen LogP contribution in [0.25, 0.3) is 0 Å². The predicted molar refractivity (Wildman–Crippen MR) is 97.1 cm³/mol. The van der Waals surface area contributed by atoms with E-state index in [0.29, 0.717) is 5.92 Å². The fourth-order valence-corrected chi connectivity index (χ4v) is 2.74. The first-order valence-electron chi connectivity index (χ1n) is 8.05. The zero-order valence-electron chi connectivity index (χ0n) is 13.9. The maximum absolute atomic E-state index is 12.9. The molecule has 0 heterocycles. The maximum Gasteiger partial charge on any atom is 0.123 e. The minimum Gasteiger partial charge on any atom is -0.497 e. The van der Waals surface area contributed by atoms with Crippen LogP contribution in [-0.2, 0) is 12.8 Å². The summed E-state index contributed by atoms with van der Waals surface area (Å²) in [5.74, 6) is 1.40. The molecule has 2 aromatic rings. The van der Waals surface area contributed by atoms with E-state index in [-0.39, 0.29) is 18.2 Å². The summed E-state index contributed by atoms with van der Waals surface area (Å²) in [7, 11) is 1.69. The summed E-state index contributed by atoms with van der Waals surface area (Å²) in [5.41, 5.74) is 2.59. The van der Waals surface area contributed by atoms with Gasteiger partial charge in [0.15, 0.2) is 0 Å². The molecule has 126 valence electrons. The minimum absolute atomic E-state index is 0. The normalized spacial score (nSPS) is 11.6. The average Bonchev–Trinajstić information content (AvgIpc) is 2.54. The van der Waals surface area contributed by atoms with E-state index in [1.807, 2.05) is 24.3 Å². The van der Waals surface area contributed by atoms with E-state index < -0.39 is 0 Å². The highest BCUT2D eigenvalue weighted by molar-refractivity contribution is 5.85. The Morgan fingerprint density at radius 3 is 2.13 bits per heavy atom. The third-order valence-electron chi connectivity index (χ3n) is 4.07. The van der Waals surface area contributed by atoms with E-state index in [0.717, 1.165) is 18.6 Å². The van der Waals surface area contributed by atoms with E-state index >= 15 is 0 Å². The molecule has 3 heteroatoms. The molecule has 0 aromatic heterocycles. The maximum atomic E-state index is 12.9. The van der Waals surface area contributed by atoms with Crippen molar-refractivity contribution in [2.45, 2.75) is 39.0 Å². The van der Waals surface area contributed by atoms with Crippen LogP contribution in [0.3, 0.4) is 0 Å². The number of ether oxygens (including phenoxy) is 1. The van der Waals surface area contributed by atoms with Gasteiger partial charge >= 0.3 is 0 Å². The molecule has 23 heavy (non-hydrogen) atoms. The summed E-state index contributed by atoms with van der Waals surface area (Å²) in [4.78, 5) is 0. The van der Waals surface area contributed by atoms with Crippen LogP contribution in [0.4, 0.5) is 4.39 Å². The standard InChI is InChI=1S/C20H25FO.ClH/c1-16(15-18-7-11-19(21)12-8-18)5-3-4-6-17-9-13-20(22-2)14-10-17;/h7-14,16H,3-6,15H2,1-2H3;1H. The second-order valence-corrected chi connectivity index (χ2v) is 6.03. The monoisotopic (exact) mass is 336 g/mol. The Morgan fingerprint density at radius 2 is 1.52 bits per heavy atom. The molecule has 0 fully saturated rings. The third-order valence-corrected chi connectivity index (χ3v) is 4.07. The SMILES string of the molecule is COc1ccc(CCCCC(C)Cc2ccc(F)cc2)cc1.Cl. The topological polar surface area (TPSA) is 9.23 Å². The van der Waals surface area contributed by atoms with E-state index in [9.17, 15) is 4.39 Å². The molecule has 0 spiro atoms. The molecule has 0 N–H and O–H groups in total. The lowest BCUT2D eigenvalue weighted by Gasteiger charge is -2.11. The first kappa shape index (κ1) is 19.5. The number of hydrogen-bond donors (Lipinski definition) is 0. The van der Waals surface area contributed by atoms with E-state index in [1.165, 1.54) is 30.4 Å². The van der Waals surface area contributed by atoms with Gasteiger partial charge in [-0.2, -0.15) is 0 Å². The Hall–Kier alpha value is -1.54. The molecule has 1 nitrogen and oxygen atoms in total. The van der Waals surface area contributed by atoms with Gasteiger partial charge in [-0.05, 0) is 60.6 Å². The highest BCUT2D eigenvalue weighted by Gasteiger charge is 2.04. The van der Waals surface area contributed by atoms with E-state index in [2.05, 4.69) is 19.1 Å². The summed E-state index contributed by atoms with van der Waals surface area (Å²) < 4.78 is 18.0. The molecular weight excluding hydrogens is 311 g/mol. The fraction of sp³-hybridized carbons (Fsp3) is 0.400. The highest BCUT2D eigenvalue weighted by Crippen LogP contribution is 2.17. The number of unbranched alkanes of at least 4 members (excludes halogenated alkanes) is 1. The zero-order valence-corrected chi connectivity index (χ0v) is 14.7. The lowest BCUT2D eigenvalue weighted by Crippen LogP contribution is -2.00. The molecule has 0 aliphatic rings. The fourth-order valence-electron chi connectivity index (χ4n) is 2.74. The van der Waals surface area contributed by atoms with Gasteiger partial charge in [-0.1, -0.05) is 44.0 Å². The molecule has 2 rings (SSSR count). The highest BCUT2D eigenvalue weighted by atomic mass is 35.5. The van der Waals surface area contributed by atoms with Crippen LogP contribution in [0.1, 0.15) is 37.3 Å². The smallest absolute Gasteiger partial charge is 0.123 e. The molecule has 2 aromatic carbocycles. The second kappa shape index (κ2) is 10.3. The summed E-state index contributed by atoms with van der Waals surface area (Å²) in [6.45, 7) is 2.27. The predicted octanol–water partition coefficient (Wildman–Crippen LogP) is 5.85. The molecule has 0 radical (unpaired) electrons. The number of benzene rings is 2. The van der Waals surface area contributed by atoms with Crippen molar-refractivity contribution < 1.29 is 9.13 Å². The van der Waals surface area contributed by atoms with Crippen LogP contribution in [0.2, 0.25) is 0 Å². The Labute approximate surface area is 145 Å². The first-order valence-corrected chi connectivity index (χ1v) is 8.05.